The highest BCUT2D eigenvalue weighted by molar-refractivity contribution is 7.12. The van der Waals surface area contributed by atoms with Crippen LogP contribution in [0.25, 0.3) is 5.70 Å². The molecule has 2 aromatic carbocycles. The maximum Gasteiger partial charge on any atom is 0.224 e. The van der Waals surface area contributed by atoms with Crippen molar-refractivity contribution < 1.29 is 9.18 Å². The number of hydrogen-bond donors (Lipinski definition) is 2. The van der Waals surface area contributed by atoms with Crippen LogP contribution in [0, 0.1) is 5.82 Å². The van der Waals surface area contributed by atoms with Gasteiger partial charge in [0.15, 0.2) is 0 Å². The summed E-state index contributed by atoms with van der Waals surface area (Å²) in [6.45, 7) is 4.02. The van der Waals surface area contributed by atoms with Gasteiger partial charge in [0.05, 0.1) is 16.3 Å². The predicted molar refractivity (Wildman–Crippen MR) is 121 cm³/mol. The van der Waals surface area contributed by atoms with Gasteiger partial charge in [-0.05, 0) is 47.7 Å². The first-order chi connectivity index (χ1) is 14.6. The van der Waals surface area contributed by atoms with Gasteiger partial charge < -0.3 is 11.1 Å². The van der Waals surface area contributed by atoms with Crippen molar-refractivity contribution in [1.82, 2.24) is 5.32 Å². The molecule has 30 heavy (non-hydrogen) atoms. The van der Waals surface area contributed by atoms with Crippen LogP contribution < -0.4 is 11.1 Å². The summed E-state index contributed by atoms with van der Waals surface area (Å²) in [6.07, 6.45) is 2.32. The number of aryl methyl sites for hydroxylation is 1. The van der Waals surface area contributed by atoms with Gasteiger partial charge in [-0.15, -0.1) is 11.3 Å². The lowest BCUT2D eigenvalue weighted by molar-refractivity contribution is -0.120. The van der Waals surface area contributed by atoms with Crippen molar-refractivity contribution in [3.8, 4) is 0 Å². The molecule has 0 aliphatic heterocycles. The molecule has 3 N–H and O–H groups in total. The lowest BCUT2D eigenvalue weighted by Gasteiger charge is -2.12. The van der Waals surface area contributed by atoms with E-state index in [0.717, 1.165) is 10.4 Å². The molecular formula is C24H22FN3OS. The molecule has 3 rings (SSSR count). The van der Waals surface area contributed by atoms with Crippen LogP contribution in [0.5, 0.6) is 0 Å². The van der Waals surface area contributed by atoms with Crippen molar-refractivity contribution in [2.45, 2.75) is 12.8 Å². The van der Waals surface area contributed by atoms with Crippen molar-refractivity contribution in [3.05, 3.63) is 112 Å². The highest BCUT2D eigenvalue weighted by Gasteiger charge is 2.14. The zero-order chi connectivity index (χ0) is 21.3. The fourth-order valence-corrected chi connectivity index (χ4v) is 3.56. The van der Waals surface area contributed by atoms with Crippen molar-refractivity contribution >= 4 is 28.7 Å². The summed E-state index contributed by atoms with van der Waals surface area (Å²) < 4.78 is 13.3. The normalized spacial score (nSPS) is 11.9. The summed E-state index contributed by atoms with van der Waals surface area (Å²) in [7, 11) is 0. The topological polar surface area (TPSA) is 67.5 Å². The van der Waals surface area contributed by atoms with Gasteiger partial charge in [-0.3, -0.25) is 4.79 Å². The van der Waals surface area contributed by atoms with Crippen LogP contribution in [0.15, 0.2) is 95.6 Å². The Hall–Kier alpha value is -3.51. The van der Waals surface area contributed by atoms with Gasteiger partial charge in [-0.25, -0.2) is 9.38 Å². The van der Waals surface area contributed by atoms with Gasteiger partial charge in [0.1, 0.15) is 11.5 Å². The molecule has 1 aromatic heterocycles. The first-order valence-corrected chi connectivity index (χ1v) is 10.3. The third-order valence-electron chi connectivity index (χ3n) is 4.34. The van der Waals surface area contributed by atoms with E-state index in [1.54, 1.807) is 12.1 Å². The Morgan fingerprint density at radius 3 is 2.47 bits per heavy atom. The minimum Gasteiger partial charge on any atom is -0.403 e. The van der Waals surface area contributed by atoms with Gasteiger partial charge >= 0.3 is 0 Å². The van der Waals surface area contributed by atoms with Gasteiger partial charge in [-0.1, -0.05) is 43.0 Å². The largest absolute Gasteiger partial charge is 0.403 e. The molecule has 0 radical (unpaired) electrons. The van der Waals surface area contributed by atoms with Gasteiger partial charge in [0.2, 0.25) is 5.91 Å². The molecule has 0 spiro atoms. The third-order valence-corrected chi connectivity index (χ3v) is 5.22. The number of carbonyl (C=O) groups excluding carboxylic acids is 1. The number of allylic oxidation sites excluding steroid dienone is 1. The number of halogens is 1. The summed E-state index contributed by atoms with van der Waals surface area (Å²) >= 11 is 1.48. The van der Waals surface area contributed by atoms with Gasteiger partial charge in [0, 0.05) is 18.2 Å². The molecule has 6 heteroatoms. The van der Waals surface area contributed by atoms with E-state index in [2.05, 4.69) is 16.9 Å². The van der Waals surface area contributed by atoms with Crippen LogP contribution in [-0.4, -0.2) is 11.6 Å². The molecule has 0 aliphatic carbocycles. The van der Waals surface area contributed by atoms with E-state index < -0.39 is 0 Å². The maximum absolute atomic E-state index is 13.3. The van der Waals surface area contributed by atoms with Crippen LogP contribution in [-0.2, 0) is 11.2 Å². The van der Waals surface area contributed by atoms with E-state index in [0.29, 0.717) is 35.5 Å². The average Bonchev–Trinajstić information content (AvgIpc) is 3.29. The first kappa shape index (κ1) is 21.2. The maximum atomic E-state index is 13.3. The van der Waals surface area contributed by atoms with E-state index in [1.807, 2.05) is 47.8 Å². The molecule has 3 aromatic rings. The quantitative estimate of drug-likeness (QED) is 0.510. The Bertz CT molecular complexity index is 1060. The standard InChI is InChI=1S/C24H22FN3OS/c1-17(27-23(29)14-9-18-6-3-2-4-7-18)24(22-8-5-15-30-22)28-21(16-26)19-10-12-20(25)13-11-19/h2-8,10-13,15-16H,1,9,14,26H2,(H,27,29)/b21-16-,28-24?. The number of benzene rings is 2. The molecule has 0 bridgehead atoms. The van der Waals surface area contributed by atoms with Crippen molar-refractivity contribution in [2.24, 2.45) is 10.7 Å². The Labute approximate surface area is 179 Å². The van der Waals surface area contributed by atoms with Crippen LogP contribution in [0.2, 0.25) is 0 Å². The molecule has 152 valence electrons. The minimum atomic E-state index is -0.340. The lowest BCUT2D eigenvalue weighted by Crippen LogP contribution is -2.27. The van der Waals surface area contributed by atoms with Crippen LogP contribution in [0.3, 0.4) is 0 Å². The number of amides is 1. The first-order valence-electron chi connectivity index (χ1n) is 9.40. The molecule has 0 fully saturated rings. The fraction of sp³-hybridized carbons (Fsp3) is 0.0833. The zero-order valence-corrected chi connectivity index (χ0v) is 17.2. The Balaban J connectivity index is 1.77. The summed E-state index contributed by atoms with van der Waals surface area (Å²) in [5.74, 6) is -0.485. The molecule has 0 saturated heterocycles. The van der Waals surface area contributed by atoms with Gasteiger partial charge in [-0.2, -0.15) is 0 Å². The number of carbonyl (C=O) groups is 1. The SMILES string of the molecule is C=C(NC(=O)CCc1ccccc1)C(=N/C(=C\N)c1ccc(F)cc1)c1cccs1. The smallest absolute Gasteiger partial charge is 0.224 e. The molecule has 0 aliphatic rings. The summed E-state index contributed by atoms with van der Waals surface area (Å²) in [5.41, 5.74) is 8.89. The van der Waals surface area contributed by atoms with Gasteiger partial charge in [0.25, 0.3) is 0 Å². The number of nitrogens with zero attached hydrogens (tertiary/aromatic N) is 1. The monoisotopic (exact) mass is 419 g/mol. The predicted octanol–water partition coefficient (Wildman–Crippen LogP) is 4.90. The van der Waals surface area contributed by atoms with E-state index in [1.165, 1.54) is 29.7 Å². The number of aliphatic imine (C=N–C) groups is 1. The zero-order valence-electron chi connectivity index (χ0n) is 16.3. The molecule has 0 saturated carbocycles. The van der Waals surface area contributed by atoms with Crippen molar-refractivity contribution in [1.29, 1.82) is 0 Å². The highest BCUT2D eigenvalue weighted by Crippen LogP contribution is 2.21. The number of thiophene rings is 1. The fourth-order valence-electron chi connectivity index (χ4n) is 2.82. The van der Waals surface area contributed by atoms with Crippen LogP contribution >= 0.6 is 11.3 Å². The molecular weight excluding hydrogens is 397 g/mol. The second-order valence-electron chi connectivity index (χ2n) is 6.51. The molecule has 1 amide bonds. The molecule has 0 unspecified atom stereocenters. The van der Waals surface area contributed by atoms with E-state index in [4.69, 9.17) is 5.73 Å². The van der Waals surface area contributed by atoms with E-state index >= 15 is 0 Å². The van der Waals surface area contributed by atoms with E-state index in [-0.39, 0.29) is 11.7 Å². The Morgan fingerprint density at radius 1 is 1.10 bits per heavy atom. The molecule has 0 atom stereocenters. The average molecular weight is 420 g/mol. The van der Waals surface area contributed by atoms with E-state index in [9.17, 15) is 9.18 Å². The summed E-state index contributed by atoms with van der Waals surface area (Å²) in [5, 5.41) is 4.76. The minimum absolute atomic E-state index is 0.145. The highest BCUT2D eigenvalue weighted by atomic mass is 32.1. The lowest BCUT2D eigenvalue weighted by atomic mass is 10.1. The second-order valence-corrected chi connectivity index (χ2v) is 7.46. The molecule has 1 heterocycles. The molecule has 4 nitrogen and oxygen atoms in total. The second kappa shape index (κ2) is 10.3. The number of nitrogens with two attached hydrogens (primary N) is 1. The summed E-state index contributed by atoms with van der Waals surface area (Å²) in [6, 6.07) is 19.5. The van der Waals surface area contributed by atoms with Crippen molar-refractivity contribution in [2.75, 3.05) is 0 Å². The third kappa shape index (κ3) is 5.75. The Morgan fingerprint density at radius 2 is 1.83 bits per heavy atom. The summed E-state index contributed by atoms with van der Waals surface area (Å²) in [4.78, 5) is 17.9. The number of rotatable bonds is 8. The number of hydrogen-bond acceptors (Lipinski definition) is 4. The number of nitrogens with one attached hydrogen (secondary N) is 1. The van der Waals surface area contributed by atoms with Crippen molar-refractivity contribution in [3.63, 3.8) is 0 Å². The van der Waals surface area contributed by atoms with Crippen LogP contribution in [0.4, 0.5) is 4.39 Å². The Kier molecular flexibility index (Phi) is 7.29. The van der Waals surface area contributed by atoms with Crippen LogP contribution in [0.1, 0.15) is 22.4 Å².